The molecule has 36 nitrogen and oxygen atoms in total. The van der Waals surface area contributed by atoms with Crippen LogP contribution in [0.25, 0.3) is 0 Å². The molecular weight excluding hydrogens is 1410 g/mol. The number of hydrogen-bond donors (Lipinski definition) is 14. The lowest BCUT2D eigenvalue weighted by atomic mass is 10.0. The number of aliphatic hydroxyl groups is 1. The van der Waals surface area contributed by atoms with Gasteiger partial charge in [0.1, 0.15) is 42.3 Å². The Morgan fingerprint density at radius 3 is 1.66 bits per heavy atom. The fourth-order valence-corrected chi connectivity index (χ4v) is 15.1. The highest BCUT2D eigenvalue weighted by Crippen LogP contribution is 2.34. The maximum absolute atomic E-state index is 15.0. The quantitative estimate of drug-likeness (QED) is 0.0280. The van der Waals surface area contributed by atoms with Crippen LogP contribution in [0.5, 0.6) is 0 Å². The van der Waals surface area contributed by atoms with Gasteiger partial charge in [-0.15, -0.1) is 23.5 Å². The van der Waals surface area contributed by atoms with Gasteiger partial charge >= 0.3 is 23.9 Å². The molecular formula is C67H99N15O21S2. The summed E-state index contributed by atoms with van der Waals surface area (Å²) in [5, 5.41) is 70.7. The maximum Gasteiger partial charge on any atom is 0.317 e. The van der Waals surface area contributed by atoms with Gasteiger partial charge in [-0.25, -0.2) is 0 Å². The number of fused-ring (bicyclic) bond motifs is 2. The number of carboxylic acids is 4. The van der Waals surface area contributed by atoms with Crippen molar-refractivity contribution in [1.29, 1.82) is 0 Å². The molecule has 105 heavy (non-hydrogen) atoms. The van der Waals surface area contributed by atoms with E-state index >= 15 is 4.79 Å². The molecule has 9 atom stereocenters. The van der Waals surface area contributed by atoms with E-state index in [2.05, 4.69) is 42.5 Å². The van der Waals surface area contributed by atoms with Crippen LogP contribution in [0.1, 0.15) is 109 Å². The number of unbranched alkanes of at least 4 members (excludes halogenated alkanes) is 3. The summed E-state index contributed by atoms with van der Waals surface area (Å²) in [7, 11) is 0. The minimum absolute atomic E-state index is 0.00986. The number of nitrogens with zero attached hydrogens (tertiary/aromatic N) is 6. The van der Waals surface area contributed by atoms with E-state index in [0.717, 1.165) is 18.2 Å². The van der Waals surface area contributed by atoms with Crippen LogP contribution in [-0.4, -0.2) is 314 Å². The molecule has 5 aliphatic heterocycles. The number of rotatable bonds is 28. The first-order valence-corrected chi connectivity index (χ1v) is 37.3. The minimum Gasteiger partial charge on any atom is -0.481 e. The fourth-order valence-electron chi connectivity index (χ4n) is 12.8. The van der Waals surface area contributed by atoms with Crippen LogP contribution in [0.2, 0.25) is 0 Å². The van der Waals surface area contributed by atoms with Crippen LogP contribution in [-0.2, 0) is 83.1 Å². The van der Waals surface area contributed by atoms with Crippen molar-refractivity contribution in [3.63, 3.8) is 0 Å². The van der Waals surface area contributed by atoms with Gasteiger partial charge in [0, 0.05) is 109 Å². The first kappa shape index (κ1) is 85.1. The van der Waals surface area contributed by atoms with Crippen molar-refractivity contribution in [2.45, 2.75) is 165 Å². The van der Waals surface area contributed by atoms with E-state index in [0.29, 0.717) is 43.0 Å². The van der Waals surface area contributed by atoms with Gasteiger partial charge in [0.25, 0.3) is 11.8 Å². The topological polar surface area (TPSA) is 516 Å². The zero-order chi connectivity index (χ0) is 76.9. The lowest BCUT2D eigenvalue weighted by Crippen LogP contribution is -2.62. The number of aliphatic hydroxyl groups excluding tert-OH is 1. The standard InChI is InChI=1S/C67H99N15O21S2/c1-3-4-6-18-50(85)71-46-39-105-58-57(64(100)76-65(58)101)104-38-45(61(97)70-42(33-52(87)88)15-9-10-21-69-51(86)34-77-24-26-78(35-53(89)90)28-30-80(37-55(93)94)31-29-79(27-25-77)36-54(91)92)74-60(96)44(32-41-13-7-5-8-14-41)73-59(95)43(19-20-49(68)84)72-63(99)56(40(2)83)75-62(98)47-16-11-22-81(47)67(103)48-17-12-23-82(48)66(46)102/h5,7-8,13-14,40,42-48,56,83H,3-4,6,9-12,15-39H2,1-2H3,(H2,68,84)(H,69,86)(H,70,97)(H,71,85)(H,72,99)(H,73,95)(H,74,96)(H,75,98)(H,87,88)(H,89,90)(H,91,92)(H,93,94)(H,76,100,101)/t40-,42+,43+,44+,45+,46+,47+,48+,56+/m1/s1. The van der Waals surface area contributed by atoms with Gasteiger partial charge in [-0.1, -0.05) is 50.1 Å². The summed E-state index contributed by atoms with van der Waals surface area (Å²) in [4.78, 5) is 226. The Morgan fingerprint density at radius 1 is 0.581 bits per heavy atom. The molecule has 0 aromatic heterocycles. The molecule has 580 valence electrons. The zero-order valence-electron chi connectivity index (χ0n) is 59.1. The number of primary amides is 1. The van der Waals surface area contributed by atoms with E-state index in [1.165, 1.54) is 16.7 Å². The average Bonchev–Trinajstić information content (AvgIpc) is 1.69. The Balaban J connectivity index is 1.30. The highest BCUT2D eigenvalue weighted by molar-refractivity contribution is 8.08. The number of benzene rings is 1. The van der Waals surface area contributed by atoms with Crippen molar-refractivity contribution in [3.8, 4) is 0 Å². The van der Waals surface area contributed by atoms with Gasteiger partial charge in [-0.3, -0.25) is 102 Å². The number of carbonyl (C=O) groups excluding carboxylic acids is 12. The highest BCUT2D eigenvalue weighted by Gasteiger charge is 2.46. The average molecular weight is 1510 g/mol. The second kappa shape index (κ2) is 43.0. The Bertz CT molecular complexity index is 3300. The third-order valence-electron chi connectivity index (χ3n) is 18.3. The number of nitrogens with one attached hydrogen (secondary N) is 8. The number of nitrogens with two attached hydrogens (primary N) is 1. The van der Waals surface area contributed by atoms with E-state index in [1.54, 1.807) is 49.9 Å². The summed E-state index contributed by atoms with van der Waals surface area (Å²) >= 11 is 1.34. The van der Waals surface area contributed by atoms with Crippen LogP contribution in [0.4, 0.5) is 0 Å². The molecule has 5 aliphatic rings. The summed E-state index contributed by atoms with van der Waals surface area (Å²) in [5.41, 5.74) is 5.97. The third kappa shape index (κ3) is 28.2. The molecule has 0 aliphatic carbocycles. The molecule has 12 amide bonds. The molecule has 0 spiro atoms. The lowest BCUT2D eigenvalue weighted by molar-refractivity contribution is -0.148. The molecule has 0 radical (unpaired) electrons. The molecule has 3 fully saturated rings. The smallest absolute Gasteiger partial charge is 0.317 e. The molecule has 0 unspecified atom stereocenters. The van der Waals surface area contributed by atoms with Gasteiger partial charge in [0.05, 0.1) is 48.5 Å². The Morgan fingerprint density at radius 2 is 1.11 bits per heavy atom. The van der Waals surface area contributed by atoms with Gasteiger partial charge in [0.15, 0.2) is 0 Å². The van der Waals surface area contributed by atoms with Crippen molar-refractivity contribution in [1.82, 2.24) is 71.9 Å². The summed E-state index contributed by atoms with van der Waals surface area (Å²) in [5.74, 6) is -15.9. The second-order valence-electron chi connectivity index (χ2n) is 26.6. The molecule has 0 saturated carbocycles. The molecule has 1 aromatic rings. The van der Waals surface area contributed by atoms with E-state index in [4.69, 9.17) is 5.73 Å². The predicted molar refractivity (Wildman–Crippen MR) is 378 cm³/mol. The Hall–Kier alpha value is -8.82. The van der Waals surface area contributed by atoms with E-state index < -0.39 is 174 Å². The van der Waals surface area contributed by atoms with Crippen molar-refractivity contribution < 1.29 is 102 Å². The summed E-state index contributed by atoms with van der Waals surface area (Å²) < 4.78 is 0. The van der Waals surface area contributed by atoms with Gasteiger partial charge in [-0.2, -0.15) is 0 Å². The van der Waals surface area contributed by atoms with Crippen LogP contribution in [0, 0.1) is 0 Å². The van der Waals surface area contributed by atoms with Crippen molar-refractivity contribution in [2.75, 3.05) is 110 Å². The number of carbonyl (C=O) groups is 16. The molecule has 6 rings (SSSR count). The number of carboxylic acid groups (broad SMARTS) is 4. The van der Waals surface area contributed by atoms with Crippen LogP contribution in [0.3, 0.4) is 0 Å². The molecule has 15 N–H and O–H groups in total. The van der Waals surface area contributed by atoms with Gasteiger partial charge in [-0.05, 0) is 70.3 Å². The summed E-state index contributed by atoms with van der Waals surface area (Å²) in [6.45, 7) is 3.26. The number of imide groups is 1. The number of thioether (sulfide) groups is 2. The normalized spacial score (nSPS) is 23.7. The van der Waals surface area contributed by atoms with E-state index in [9.17, 15) is 97.5 Å². The molecule has 38 heteroatoms. The summed E-state index contributed by atoms with van der Waals surface area (Å²) in [6, 6.07) is -3.72. The van der Waals surface area contributed by atoms with Gasteiger partial charge in [0.2, 0.25) is 59.1 Å². The van der Waals surface area contributed by atoms with E-state index in [1.807, 2.05) is 6.92 Å². The zero-order valence-corrected chi connectivity index (χ0v) is 60.7. The Labute approximate surface area is 615 Å². The first-order valence-electron chi connectivity index (χ1n) is 35.3. The largest absolute Gasteiger partial charge is 0.481 e. The van der Waals surface area contributed by atoms with Crippen LogP contribution >= 0.6 is 23.5 Å². The molecule has 3 saturated heterocycles. The van der Waals surface area contributed by atoms with Crippen LogP contribution < -0.4 is 48.3 Å². The Kier molecular flexibility index (Phi) is 34.8. The molecule has 5 heterocycles. The first-order chi connectivity index (χ1) is 50.0. The monoisotopic (exact) mass is 1510 g/mol. The van der Waals surface area contributed by atoms with Crippen molar-refractivity contribution in [3.05, 3.63) is 45.7 Å². The predicted octanol–water partition coefficient (Wildman–Crippen LogP) is -4.07. The van der Waals surface area contributed by atoms with Crippen LogP contribution in [0.15, 0.2) is 40.1 Å². The molecule has 1 aromatic carbocycles. The highest BCUT2D eigenvalue weighted by atomic mass is 32.2. The lowest BCUT2D eigenvalue weighted by Gasteiger charge is -2.33. The van der Waals surface area contributed by atoms with Gasteiger partial charge < -0.3 is 78.3 Å². The van der Waals surface area contributed by atoms with E-state index in [-0.39, 0.29) is 159 Å². The van der Waals surface area contributed by atoms with Crippen molar-refractivity contribution in [2.24, 2.45) is 5.73 Å². The minimum atomic E-state index is -1.79. The number of amides is 12. The van der Waals surface area contributed by atoms with Crippen molar-refractivity contribution >= 4 is 118 Å². The second-order valence-corrected chi connectivity index (χ2v) is 28.6. The third-order valence-corrected chi connectivity index (χ3v) is 20.8. The summed E-state index contributed by atoms with van der Waals surface area (Å²) in [6.07, 6.45) is -0.461. The number of hydrogen-bond acceptors (Lipinski definition) is 23. The fraction of sp³-hybridized carbons (Fsp3) is 0.642. The number of aliphatic carboxylic acids is 4. The maximum atomic E-state index is 15.0. The molecule has 0 bridgehead atoms. The SMILES string of the molecule is CCCCCC(=O)N[C@H]1CSC2=C(SC[C@@H](C(=O)N[C@@H](CCCCNC(=O)CN3CCN(CC(=O)O)CCN(CC(=O)O)CCN(CC(=O)O)CC3)CC(=O)O)NC(=O)[C@H](Cc3ccccc3)NC(=O)[C@H](CCC(N)=O)NC(=O)[C@H]([C@@H](C)O)NC(=O)[C@@H]3CCCN3C(=O)[C@@H]3CCCN3C1=O)C(=O)NC2=O.